The third-order valence-corrected chi connectivity index (χ3v) is 4.52. The summed E-state index contributed by atoms with van der Waals surface area (Å²) in [6, 6.07) is 10.1. The van der Waals surface area contributed by atoms with E-state index < -0.39 is 0 Å². The lowest BCUT2D eigenvalue weighted by Crippen LogP contribution is -1.98. The average Bonchev–Trinajstić information content (AvgIpc) is 2.84. The Bertz CT molecular complexity index is 893. The number of hydrogen-bond acceptors (Lipinski definition) is 2. The lowest BCUT2D eigenvalue weighted by atomic mass is 9.96. The van der Waals surface area contributed by atoms with Crippen LogP contribution >= 0.6 is 0 Å². The molecule has 112 valence electrons. The van der Waals surface area contributed by atoms with Crippen molar-refractivity contribution in [1.82, 2.24) is 4.98 Å². The first kappa shape index (κ1) is 14.3. The van der Waals surface area contributed by atoms with E-state index in [0.29, 0.717) is 0 Å². The highest BCUT2D eigenvalue weighted by molar-refractivity contribution is 5.97. The number of rotatable bonds is 2. The molecule has 0 unspecified atom stereocenters. The Balaban J connectivity index is 2.43. The summed E-state index contributed by atoms with van der Waals surface area (Å²) in [5.41, 5.74) is 6.82. The number of aromatic amines is 1. The molecule has 0 saturated heterocycles. The summed E-state index contributed by atoms with van der Waals surface area (Å²) < 4.78 is 0. The van der Waals surface area contributed by atoms with Crippen LogP contribution in [0.3, 0.4) is 0 Å². The lowest BCUT2D eigenvalue weighted by Gasteiger charge is -2.08. The maximum Gasteiger partial charge on any atom is 0.276 e. The third kappa shape index (κ3) is 1.91. The Morgan fingerprint density at radius 3 is 2.14 bits per heavy atom. The molecule has 0 aliphatic rings. The quantitative estimate of drug-likeness (QED) is 0.535. The van der Waals surface area contributed by atoms with Crippen LogP contribution in [0.15, 0.2) is 30.3 Å². The Morgan fingerprint density at radius 2 is 1.55 bits per heavy atom. The van der Waals surface area contributed by atoms with Gasteiger partial charge in [-0.15, -0.1) is 0 Å². The van der Waals surface area contributed by atoms with Crippen molar-refractivity contribution in [2.45, 2.75) is 27.7 Å². The minimum absolute atomic E-state index is 0.228. The monoisotopic (exact) mass is 294 g/mol. The third-order valence-electron chi connectivity index (χ3n) is 4.52. The molecule has 4 nitrogen and oxygen atoms in total. The summed E-state index contributed by atoms with van der Waals surface area (Å²) in [6.45, 7) is 7.61. The average molecular weight is 294 g/mol. The number of fused-ring (bicyclic) bond motifs is 1. The molecule has 0 amide bonds. The predicted molar refractivity (Wildman–Crippen MR) is 89.3 cm³/mol. The van der Waals surface area contributed by atoms with Crippen molar-refractivity contribution >= 4 is 16.6 Å². The minimum Gasteiger partial charge on any atom is -0.354 e. The second-order valence-corrected chi connectivity index (χ2v) is 5.72. The van der Waals surface area contributed by atoms with Gasteiger partial charge in [0.2, 0.25) is 0 Å². The molecule has 2 aromatic carbocycles. The van der Waals surface area contributed by atoms with E-state index in [1.807, 2.05) is 58.0 Å². The number of nitrogens with one attached hydrogen (secondary N) is 1. The number of nitrogens with zero attached hydrogens (tertiary/aromatic N) is 1. The molecular formula is C18H18N2O2. The fourth-order valence-electron chi connectivity index (χ4n) is 3.28. The van der Waals surface area contributed by atoms with Crippen molar-refractivity contribution in [2.24, 2.45) is 0 Å². The molecule has 0 radical (unpaired) electrons. The standard InChI is InChI=1S/C18H18N2O2/c1-10-11(2)18(20(21)22)13(4)15-12(3)16(19-17(10)15)14-8-6-5-7-9-14/h5-9,19H,1-4H3. The number of benzene rings is 2. The molecule has 3 aromatic rings. The lowest BCUT2D eigenvalue weighted by molar-refractivity contribution is -0.385. The van der Waals surface area contributed by atoms with E-state index in [4.69, 9.17) is 0 Å². The van der Waals surface area contributed by atoms with E-state index in [0.717, 1.165) is 44.4 Å². The first-order valence-electron chi connectivity index (χ1n) is 7.25. The van der Waals surface area contributed by atoms with Crippen molar-refractivity contribution in [3.8, 4) is 11.3 Å². The van der Waals surface area contributed by atoms with Gasteiger partial charge in [-0.25, -0.2) is 0 Å². The fraction of sp³-hybridized carbons (Fsp3) is 0.222. The predicted octanol–water partition coefficient (Wildman–Crippen LogP) is 4.98. The van der Waals surface area contributed by atoms with Crippen LogP contribution in [0.4, 0.5) is 5.69 Å². The van der Waals surface area contributed by atoms with E-state index in [9.17, 15) is 10.1 Å². The summed E-state index contributed by atoms with van der Waals surface area (Å²) >= 11 is 0. The Kier molecular flexibility index (Phi) is 3.24. The summed E-state index contributed by atoms with van der Waals surface area (Å²) in [4.78, 5) is 14.6. The highest BCUT2D eigenvalue weighted by Crippen LogP contribution is 2.39. The summed E-state index contributed by atoms with van der Waals surface area (Å²) in [7, 11) is 0. The molecule has 0 fully saturated rings. The maximum atomic E-state index is 11.4. The molecule has 4 heteroatoms. The molecule has 0 atom stereocenters. The Morgan fingerprint density at radius 1 is 0.909 bits per heavy atom. The second-order valence-electron chi connectivity index (χ2n) is 5.72. The van der Waals surface area contributed by atoms with Crippen LogP contribution in [0, 0.1) is 37.8 Å². The van der Waals surface area contributed by atoms with E-state index in [1.165, 1.54) is 0 Å². The second kappa shape index (κ2) is 4.98. The van der Waals surface area contributed by atoms with Crippen LogP contribution in [0.1, 0.15) is 22.3 Å². The zero-order valence-corrected chi connectivity index (χ0v) is 13.2. The van der Waals surface area contributed by atoms with Crippen LogP contribution < -0.4 is 0 Å². The maximum absolute atomic E-state index is 11.4. The normalized spacial score (nSPS) is 11.1. The first-order chi connectivity index (χ1) is 10.4. The van der Waals surface area contributed by atoms with E-state index in [1.54, 1.807) is 0 Å². The van der Waals surface area contributed by atoms with Gasteiger partial charge in [-0.3, -0.25) is 10.1 Å². The zero-order valence-electron chi connectivity index (χ0n) is 13.2. The first-order valence-corrected chi connectivity index (χ1v) is 7.25. The van der Waals surface area contributed by atoms with Crippen molar-refractivity contribution < 1.29 is 4.92 Å². The number of nitro benzene ring substituents is 1. The van der Waals surface area contributed by atoms with Gasteiger partial charge in [0.15, 0.2) is 0 Å². The van der Waals surface area contributed by atoms with E-state index in [2.05, 4.69) is 4.98 Å². The van der Waals surface area contributed by atoms with Crippen molar-refractivity contribution in [2.75, 3.05) is 0 Å². The molecule has 22 heavy (non-hydrogen) atoms. The fourth-order valence-corrected chi connectivity index (χ4v) is 3.28. The van der Waals surface area contributed by atoms with Gasteiger partial charge in [0.1, 0.15) is 0 Å². The smallest absolute Gasteiger partial charge is 0.276 e. The number of hydrogen-bond donors (Lipinski definition) is 1. The molecule has 0 spiro atoms. The van der Waals surface area contributed by atoms with Gasteiger partial charge in [-0.1, -0.05) is 30.3 Å². The van der Waals surface area contributed by atoms with Crippen molar-refractivity contribution in [1.29, 1.82) is 0 Å². The molecule has 3 rings (SSSR count). The van der Waals surface area contributed by atoms with Gasteiger partial charge in [-0.05, 0) is 44.4 Å². The van der Waals surface area contributed by atoms with Gasteiger partial charge in [0.25, 0.3) is 5.69 Å². The molecule has 0 aliphatic heterocycles. The van der Waals surface area contributed by atoms with Gasteiger partial charge < -0.3 is 4.98 Å². The van der Waals surface area contributed by atoms with E-state index in [-0.39, 0.29) is 10.6 Å². The Labute approximate surface area is 128 Å². The number of aryl methyl sites for hydroxylation is 3. The SMILES string of the molecule is Cc1c([N+](=O)[O-])c(C)c2c(C)c(-c3ccccc3)[nH]c2c1C. The molecule has 0 saturated carbocycles. The highest BCUT2D eigenvalue weighted by Gasteiger charge is 2.24. The van der Waals surface area contributed by atoms with Crippen molar-refractivity contribution in [3.63, 3.8) is 0 Å². The van der Waals surface area contributed by atoms with Crippen LogP contribution in [0.5, 0.6) is 0 Å². The molecule has 0 aliphatic carbocycles. The number of H-pyrrole nitrogens is 1. The molecule has 1 aromatic heterocycles. The van der Waals surface area contributed by atoms with Crippen LogP contribution in [0.25, 0.3) is 22.2 Å². The van der Waals surface area contributed by atoms with Crippen LogP contribution in [-0.4, -0.2) is 9.91 Å². The zero-order chi connectivity index (χ0) is 16.0. The van der Waals surface area contributed by atoms with E-state index >= 15 is 0 Å². The van der Waals surface area contributed by atoms with Gasteiger partial charge in [-0.2, -0.15) is 0 Å². The molecule has 0 bridgehead atoms. The minimum atomic E-state index is -0.272. The van der Waals surface area contributed by atoms with Gasteiger partial charge >= 0.3 is 0 Å². The van der Waals surface area contributed by atoms with Gasteiger partial charge in [0, 0.05) is 22.2 Å². The summed E-state index contributed by atoms with van der Waals surface area (Å²) in [5.74, 6) is 0. The largest absolute Gasteiger partial charge is 0.354 e. The summed E-state index contributed by atoms with van der Waals surface area (Å²) in [6.07, 6.45) is 0. The highest BCUT2D eigenvalue weighted by atomic mass is 16.6. The Hall–Kier alpha value is -2.62. The molecular weight excluding hydrogens is 276 g/mol. The topological polar surface area (TPSA) is 58.9 Å². The summed E-state index contributed by atoms with van der Waals surface area (Å²) in [5, 5.41) is 12.4. The molecule has 1 N–H and O–H groups in total. The van der Waals surface area contributed by atoms with Crippen molar-refractivity contribution in [3.05, 3.63) is 62.7 Å². The van der Waals surface area contributed by atoms with Crippen LogP contribution in [-0.2, 0) is 0 Å². The number of nitro groups is 1. The van der Waals surface area contributed by atoms with Crippen LogP contribution in [0.2, 0.25) is 0 Å². The van der Waals surface area contributed by atoms with Gasteiger partial charge in [0.05, 0.1) is 10.4 Å². The molecule has 1 heterocycles. The number of aromatic nitrogens is 1.